The molecular formula is C8H8O3. The molecule has 0 aromatic carbocycles. The zero-order chi connectivity index (χ0) is 8.06. The number of aliphatic hydroxyl groups is 1. The molecule has 0 radical (unpaired) electrons. The van der Waals surface area contributed by atoms with Gasteiger partial charge in [-0.3, -0.25) is 4.79 Å². The molecule has 0 unspecified atom stereocenters. The van der Waals surface area contributed by atoms with Crippen LogP contribution >= 0.6 is 0 Å². The summed E-state index contributed by atoms with van der Waals surface area (Å²) in [6.45, 7) is 3.40. The van der Waals surface area contributed by atoms with Crippen LogP contribution in [0.4, 0.5) is 0 Å². The molecule has 0 saturated carbocycles. The first-order chi connectivity index (χ1) is 5.18. The molecule has 11 heavy (non-hydrogen) atoms. The number of ether oxygens (including phenoxy) is 1. The molecule has 0 bridgehead atoms. The summed E-state index contributed by atoms with van der Waals surface area (Å²) in [6.07, 6.45) is 3.76. The van der Waals surface area contributed by atoms with Gasteiger partial charge in [0.25, 0.3) is 0 Å². The van der Waals surface area contributed by atoms with Crippen molar-refractivity contribution in [1.29, 1.82) is 0 Å². The molecule has 1 heterocycles. The molecule has 0 amide bonds. The van der Waals surface area contributed by atoms with Crippen LogP contribution in [0.5, 0.6) is 0 Å². The maximum atomic E-state index is 11.1. The van der Waals surface area contributed by atoms with Gasteiger partial charge in [0.1, 0.15) is 12.2 Å². The van der Waals surface area contributed by atoms with E-state index in [9.17, 15) is 9.90 Å². The molecule has 1 N–H and O–H groups in total. The van der Waals surface area contributed by atoms with Crippen molar-refractivity contribution in [2.24, 2.45) is 0 Å². The third-order valence-corrected chi connectivity index (χ3v) is 2.10. The maximum absolute atomic E-state index is 11.1. The van der Waals surface area contributed by atoms with Crippen molar-refractivity contribution in [1.82, 2.24) is 0 Å². The predicted octanol–water partition coefficient (Wildman–Crippen LogP) is -0.190. The first-order valence-corrected chi connectivity index (χ1v) is 3.42. The summed E-state index contributed by atoms with van der Waals surface area (Å²) in [5.74, 6) is -0.341. The lowest BCUT2D eigenvalue weighted by Crippen LogP contribution is -2.43. The normalized spacial score (nSPS) is 46.8. The molecule has 1 saturated heterocycles. The molecule has 0 spiro atoms. The largest absolute Gasteiger partial charge is 0.375 e. The van der Waals surface area contributed by atoms with Crippen molar-refractivity contribution in [3.05, 3.63) is 24.8 Å². The zero-order valence-corrected chi connectivity index (χ0v) is 5.86. The number of epoxide rings is 1. The van der Waals surface area contributed by atoms with Crippen LogP contribution in [0.25, 0.3) is 0 Å². The summed E-state index contributed by atoms with van der Waals surface area (Å²) in [5, 5.41) is 9.61. The number of ketones is 1. The highest BCUT2D eigenvalue weighted by Crippen LogP contribution is 2.38. The molecule has 1 fully saturated rings. The van der Waals surface area contributed by atoms with Crippen molar-refractivity contribution in [3.8, 4) is 0 Å². The third kappa shape index (κ3) is 0.721. The van der Waals surface area contributed by atoms with Crippen LogP contribution in [0.2, 0.25) is 0 Å². The lowest BCUT2D eigenvalue weighted by molar-refractivity contribution is -0.129. The highest BCUT2D eigenvalue weighted by Gasteiger charge is 2.57. The number of hydrogen-bond donors (Lipinski definition) is 1. The van der Waals surface area contributed by atoms with Crippen molar-refractivity contribution >= 4 is 5.78 Å². The summed E-state index contributed by atoms with van der Waals surface area (Å²) in [4.78, 5) is 11.1. The van der Waals surface area contributed by atoms with Crippen LogP contribution < -0.4 is 0 Å². The van der Waals surface area contributed by atoms with Gasteiger partial charge in [-0.15, -0.1) is 0 Å². The molecule has 1 aliphatic heterocycles. The summed E-state index contributed by atoms with van der Waals surface area (Å²) in [5.41, 5.74) is -1.47. The minimum Gasteiger partial charge on any atom is -0.375 e. The highest BCUT2D eigenvalue weighted by molar-refractivity contribution is 6.00. The summed E-state index contributed by atoms with van der Waals surface area (Å²) in [6, 6.07) is 0. The van der Waals surface area contributed by atoms with Gasteiger partial charge in [-0.25, -0.2) is 0 Å². The minimum atomic E-state index is -1.47. The molecule has 1 aliphatic carbocycles. The number of hydrogen-bond acceptors (Lipinski definition) is 3. The van der Waals surface area contributed by atoms with E-state index in [-0.39, 0.29) is 11.9 Å². The SMILES string of the molecule is C=C[C@@]1(O)C(=O)C=C[C@@H]2O[C@@H]21. The maximum Gasteiger partial charge on any atom is 0.193 e. The first kappa shape index (κ1) is 6.76. The average molecular weight is 152 g/mol. The van der Waals surface area contributed by atoms with Gasteiger partial charge in [0.15, 0.2) is 11.4 Å². The Morgan fingerprint density at radius 1 is 1.82 bits per heavy atom. The Labute approximate surface area is 64.0 Å². The summed E-state index contributed by atoms with van der Waals surface area (Å²) in [7, 11) is 0. The van der Waals surface area contributed by atoms with Gasteiger partial charge in [0.2, 0.25) is 0 Å². The Bertz CT molecular complexity index is 256. The van der Waals surface area contributed by atoms with E-state index < -0.39 is 11.7 Å². The van der Waals surface area contributed by atoms with Crippen LogP contribution in [0.15, 0.2) is 24.8 Å². The van der Waals surface area contributed by atoms with Gasteiger partial charge in [-0.2, -0.15) is 0 Å². The number of fused-ring (bicyclic) bond motifs is 1. The molecule has 3 nitrogen and oxygen atoms in total. The monoisotopic (exact) mass is 152 g/mol. The van der Waals surface area contributed by atoms with E-state index >= 15 is 0 Å². The fourth-order valence-electron chi connectivity index (χ4n) is 1.30. The van der Waals surface area contributed by atoms with E-state index in [1.165, 1.54) is 12.2 Å². The Morgan fingerprint density at radius 3 is 3.09 bits per heavy atom. The molecule has 2 rings (SSSR count). The zero-order valence-electron chi connectivity index (χ0n) is 5.86. The topological polar surface area (TPSA) is 49.8 Å². The fraction of sp³-hybridized carbons (Fsp3) is 0.375. The molecule has 2 aliphatic rings. The van der Waals surface area contributed by atoms with E-state index in [1.54, 1.807) is 6.08 Å². The van der Waals surface area contributed by atoms with E-state index in [4.69, 9.17) is 4.74 Å². The highest BCUT2D eigenvalue weighted by atomic mass is 16.6. The molecule has 58 valence electrons. The van der Waals surface area contributed by atoms with E-state index in [1.807, 2.05) is 0 Å². The Kier molecular flexibility index (Phi) is 1.11. The van der Waals surface area contributed by atoms with Gasteiger partial charge in [-0.1, -0.05) is 6.58 Å². The van der Waals surface area contributed by atoms with E-state index in [0.29, 0.717) is 0 Å². The van der Waals surface area contributed by atoms with Crippen molar-refractivity contribution in [2.45, 2.75) is 17.8 Å². The summed E-state index contributed by atoms with van der Waals surface area (Å²) < 4.78 is 5.03. The average Bonchev–Trinajstić information content (AvgIpc) is 2.77. The van der Waals surface area contributed by atoms with Crippen LogP contribution in [0.3, 0.4) is 0 Å². The Hall–Kier alpha value is -0.930. The van der Waals surface area contributed by atoms with Crippen LogP contribution in [0.1, 0.15) is 0 Å². The molecule has 3 heteroatoms. The van der Waals surface area contributed by atoms with Crippen molar-refractivity contribution in [3.63, 3.8) is 0 Å². The van der Waals surface area contributed by atoms with Crippen LogP contribution in [-0.4, -0.2) is 28.7 Å². The molecule has 0 aromatic heterocycles. The minimum absolute atomic E-state index is 0.0873. The summed E-state index contributed by atoms with van der Waals surface area (Å²) >= 11 is 0. The molecule has 3 atom stereocenters. The van der Waals surface area contributed by atoms with Crippen LogP contribution in [-0.2, 0) is 9.53 Å². The second-order valence-electron chi connectivity index (χ2n) is 2.77. The van der Waals surface area contributed by atoms with E-state index in [0.717, 1.165) is 0 Å². The van der Waals surface area contributed by atoms with Gasteiger partial charge in [0, 0.05) is 0 Å². The molecule has 0 aromatic rings. The van der Waals surface area contributed by atoms with Crippen molar-refractivity contribution in [2.75, 3.05) is 0 Å². The second kappa shape index (κ2) is 1.81. The van der Waals surface area contributed by atoms with Crippen LogP contribution in [0, 0.1) is 0 Å². The van der Waals surface area contributed by atoms with Gasteiger partial charge in [0.05, 0.1) is 0 Å². The number of carbonyl (C=O) groups is 1. The Balaban J connectivity index is 2.39. The predicted molar refractivity (Wildman–Crippen MR) is 38.0 cm³/mol. The smallest absolute Gasteiger partial charge is 0.193 e. The first-order valence-electron chi connectivity index (χ1n) is 3.42. The van der Waals surface area contributed by atoms with Gasteiger partial charge < -0.3 is 9.84 Å². The fourth-order valence-corrected chi connectivity index (χ4v) is 1.30. The van der Waals surface area contributed by atoms with Crippen molar-refractivity contribution < 1.29 is 14.6 Å². The second-order valence-corrected chi connectivity index (χ2v) is 2.77. The Morgan fingerprint density at radius 2 is 2.55 bits per heavy atom. The standard InChI is InChI=1S/C8H8O3/c1-2-8(10)6(9)4-3-5-7(8)11-5/h2-5,7,10H,1H2/t5-,7-,8+/m0/s1. The van der Waals surface area contributed by atoms with E-state index in [2.05, 4.69) is 6.58 Å². The quantitative estimate of drug-likeness (QED) is 0.418. The molecular weight excluding hydrogens is 144 g/mol. The van der Waals surface area contributed by atoms with Gasteiger partial charge >= 0.3 is 0 Å². The van der Waals surface area contributed by atoms with Gasteiger partial charge in [-0.05, 0) is 18.2 Å². The number of rotatable bonds is 1. The lowest BCUT2D eigenvalue weighted by Gasteiger charge is -2.20. The third-order valence-electron chi connectivity index (χ3n) is 2.10. The lowest BCUT2D eigenvalue weighted by atomic mass is 9.88. The number of carbonyl (C=O) groups excluding carboxylic acids is 1.